The zero-order valence-electron chi connectivity index (χ0n) is 15.5. The maximum Gasteiger partial charge on any atom is 0.127 e. The van der Waals surface area contributed by atoms with Crippen LogP contribution in [0, 0.1) is 0 Å². The lowest BCUT2D eigenvalue weighted by Crippen LogP contribution is -2.43. The molecule has 1 aromatic carbocycles. The third-order valence-electron chi connectivity index (χ3n) is 4.92. The number of aromatic nitrogens is 2. The van der Waals surface area contributed by atoms with Crippen molar-refractivity contribution in [3.8, 4) is 0 Å². The Morgan fingerprint density at radius 1 is 1.42 bits per heavy atom. The Morgan fingerprint density at radius 2 is 2.23 bits per heavy atom. The molecule has 1 aliphatic heterocycles. The lowest BCUT2D eigenvalue weighted by atomic mass is 9.92. The zero-order valence-corrected chi connectivity index (χ0v) is 15.5. The number of aliphatic imine (C=N–C) groups is 1. The lowest BCUT2D eigenvalue weighted by molar-refractivity contribution is 0.277. The number of aliphatic hydroxyl groups is 1. The SMILES string of the molecule is C=CN=C(C(=C)C)C1CCCC(c2nc3ccccc3n2CCCO)N1. The molecule has 0 spiro atoms. The van der Waals surface area contributed by atoms with Gasteiger partial charge in [0.15, 0.2) is 0 Å². The van der Waals surface area contributed by atoms with Gasteiger partial charge in [0.1, 0.15) is 5.82 Å². The van der Waals surface area contributed by atoms with E-state index in [1.165, 1.54) is 0 Å². The van der Waals surface area contributed by atoms with Gasteiger partial charge in [-0.2, -0.15) is 0 Å². The smallest absolute Gasteiger partial charge is 0.127 e. The second-order valence-corrected chi connectivity index (χ2v) is 6.87. The Kier molecular flexibility index (Phi) is 6.01. The van der Waals surface area contributed by atoms with Crippen molar-refractivity contribution in [1.82, 2.24) is 14.9 Å². The molecule has 138 valence electrons. The number of para-hydroxylation sites is 2. The number of benzene rings is 1. The molecule has 0 saturated carbocycles. The number of imidazole rings is 1. The first kappa shape index (κ1) is 18.5. The molecule has 1 aliphatic rings. The van der Waals surface area contributed by atoms with Gasteiger partial charge in [-0.15, -0.1) is 0 Å². The summed E-state index contributed by atoms with van der Waals surface area (Å²) >= 11 is 0. The minimum absolute atomic E-state index is 0.161. The minimum atomic E-state index is 0.161. The molecule has 0 aliphatic carbocycles. The van der Waals surface area contributed by atoms with Crippen molar-refractivity contribution in [3.05, 3.63) is 55.0 Å². The molecule has 2 N–H and O–H groups in total. The predicted octanol–water partition coefficient (Wildman–Crippen LogP) is 3.76. The van der Waals surface area contributed by atoms with Crippen molar-refractivity contribution in [2.75, 3.05) is 6.61 Å². The fourth-order valence-electron chi connectivity index (χ4n) is 3.77. The van der Waals surface area contributed by atoms with E-state index in [1.54, 1.807) is 6.20 Å². The number of aliphatic hydroxyl groups excluding tert-OH is 1. The van der Waals surface area contributed by atoms with Gasteiger partial charge < -0.3 is 9.67 Å². The molecule has 2 aromatic rings. The van der Waals surface area contributed by atoms with Crippen molar-refractivity contribution in [1.29, 1.82) is 0 Å². The highest BCUT2D eigenvalue weighted by atomic mass is 16.3. The lowest BCUT2D eigenvalue weighted by Gasteiger charge is -2.32. The number of aryl methyl sites for hydroxylation is 1. The summed E-state index contributed by atoms with van der Waals surface area (Å²) in [5.41, 5.74) is 4.07. The van der Waals surface area contributed by atoms with Crippen LogP contribution in [0.4, 0.5) is 0 Å². The van der Waals surface area contributed by atoms with Crippen molar-refractivity contribution < 1.29 is 5.11 Å². The van der Waals surface area contributed by atoms with E-state index in [-0.39, 0.29) is 18.7 Å². The molecule has 5 nitrogen and oxygen atoms in total. The van der Waals surface area contributed by atoms with Crippen LogP contribution < -0.4 is 5.32 Å². The Balaban J connectivity index is 1.94. The van der Waals surface area contributed by atoms with Gasteiger partial charge in [-0.25, -0.2) is 4.98 Å². The number of hydrogen-bond acceptors (Lipinski definition) is 4. The fourth-order valence-corrected chi connectivity index (χ4v) is 3.77. The van der Waals surface area contributed by atoms with Crippen molar-refractivity contribution in [3.63, 3.8) is 0 Å². The maximum atomic E-state index is 9.29. The molecule has 2 atom stereocenters. The average molecular weight is 352 g/mol. The van der Waals surface area contributed by atoms with Crippen LogP contribution in [-0.4, -0.2) is 33.0 Å². The van der Waals surface area contributed by atoms with Gasteiger partial charge in [-0.3, -0.25) is 10.3 Å². The standard InChI is InChI=1S/C21H28N4O/c1-4-22-20(15(2)3)17-10-7-11-18(23-17)21-24-16-9-5-6-12-19(16)25(21)13-8-14-26/h4-6,9,12,17-18,23,26H,1-2,7-8,10-11,13-14H2,3H3. The number of piperidine rings is 1. The van der Waals surface area contributed by atoms with Crippen molar-refractivity contribution in [2.24, 2.45) is 4.99 Å². The van der Waals surface area contributed by atoms with E-state index in [9.17, 15) is 5.11 Å². The summed E-state index contributed by atoms with van der Waals surface area (Å²) in [7, 11) is 0. The molecule has 0 amide bonds. The van der Waals surface area contributed by atoms with Gasteiger partial charge in [0, 0.05) is 19.4 Å². The molecule has 1 saturated heterocycles. The third kappa shape index (κ3) is 3.79. The van der Waals surface area contributed by atoms with Gasteiger partial charge in [-0.1, -0.05) is 25.3 Å². The number of nitrogens with one attached hydrogen (secondary N) is 1. The van der Waals surface area contributed by atoms with Gasteiger partial charge in [0.2, 0.25) is 0 Å². The molecule has 3 rings (SSSR count). The summed E-state index contributed by atoms with van der Waals surface area (Å²) in [5, 5.41) is 13.0. The molecule has 1 aromatic heterocycles. The number of rotatable bonds is 7. The Bertz CT molecular complexity index is 821. The zero-order chi connectivity index (χ0) is 18.5. The van der Waals surface area contributed by atoms with Crippen molar-refractivity contribution in [2.45, 2.75) is 51.2 Å². The molecule has 26 heavy (non-hydrogen) atoms. The van der Waals surface area contributed by atoms with E-state index < -0.39 is 0 Å². The predicted molar refractivity (Wildman–Crippen MR) is 107 cm³/mol. The van der Waals surface area contributed by atoms with E-state index in [4.69, 9.17) is 4.98 Å². The van der Waals surface area contributed by atoms with Crippen LogP contribution in [0.1, 0.15) is 44.5 Å². The topological polar surface area (TPSA) is 62.4 Å². The van der Waals surface area contributed by atoms with Gasteiger partial charge in [0.05, 0.1) is 28.8 Å². The summed E-state index contributed by atoms with van der Waals surface area (Å²) in [6, 6.07) is 8.53. The highest BCUT2D eigenvalue weighted by Crippen LogP contribution is 2.29. The van der Waals surface area contributed by atoms with Crippen LogP contribution >= 0.6 is 0 Å². The monoisotopic (exact) mass is 352 g/mol. The fraction of sp³-hybridized carbons (Fsp3) is 0.429. The minimum Gasteiger partial charge on any atom is -0.396 e. The summed E-state index contributed by atoms with van der Waals surface area (Å²) in [4.78, 5) is 9.36. The van der Waals surface area contributed by atoms with E-state index in [1.807, 2.05) is 25.1 Å². The van der Waals surface area contributed by atoms with Crippen LogP contribution in [0.5, 0.6) is 0 Å². The molecule has 0 radical (unpaired) electrons. The second kappa shape index (κ2) is 8.43. The Morgan fingerprint density at radius 3 is 2.96 bits per heavy atom. The molecular weight excluding hydrogens is 324 g/mol. The number of fused-ring (bicyclic) bond motifs is 1. The average Bonchev–Trinajstić information content (AvgIpc) is 3.03. The molecule has 2 unspecified atom stereocenters. The van der Waals surface area contributed by atoms with Crippen LogP contribution in [0.25, 0.3) is 11.0 Å². The van der Waals surface area contributed by atoms with E-state index in [2.05, 4.69) is 34.1 Å². The Labute approximate surface area is 155 Å². The number of nitrogens with zero attached hydrogens (tertiary/aromatic N) is 3. The van der Waals surface area contributed by atoms with Gasteiger partial charge in [-0.05, 0) is 50.3 Å². The first-order valence-corrected chi connectivity index (χ1v) is 9.32. The van der Waals surface area contributed by atoms with E-state index >= 15 is 0 Å². The maximum absolute atomic E-state index is 9.29. The first-order valence-electron chi connectivity index (χ1n) is 9.32. The summed E-state index contributed by atoms with van der Waals surface area (Å²) in [5.74, 6) is 1.05. The first-order chi connectivity index (χ1) is 12.7. The molecule has 1 fully saturated rings. The normalized spacial score (nSPS) is 21.1. The molecule has 5 heteroatoms. The van der Waals surface area contributed by atoms with Crippen LogP contribution in [0.15, 0.2) is 54.2 Å². The van der Waals surface area contributed by atoms with E-state index in [0.29, 0.717) is 0 Å². The molecule has 0 bridgehead atoms. The van der Waals surface area contributed by atoms with Crippen LogP contribution in [-0.2, 0) is 6.54 Å². The summed E-state index contributed by atoms with van der Waals surface area (Å²) in [6.45, 7) is 10.7. The Hall–Kier alpha value is -2.24. The van der Waals surface area contributed by atoms with Crippen LogP contribution in [0.2, 0.25) is 0 Å². The van der Waals surface area contributed by atoms with Gasteiger partial charge >= 0.3 is 0 Å². The van der Waals surface area contributed by atoms with E-state index in [0.717, 1.165) is 60.4 Å². The largest absolute Gasteiger partial charge is 0.396 e. The highest BCUT2D eigenvalue weighted by Gasteiger charge is 2.29. The van der Waals surface area contributed by atoms with Crippen LogP contribution in [0.3, 0.4) is 0 Å². The summed E-state index contributed by atoms with van der Waals surface area (Å²) < 4.78 is 2.25. The van der Waals surface area contributed by atoms with Crippen molar-refractivity contribution >= 4 is 16.7 Å². The second-order valence-electron chi connectivity index (χ2n) is 6.87. The highest BCUT2D eigenvalue weighted by molar-refractivity contribution is 6.03. The van der Waals surface area contributed by atoms with Gasteiger partial charge in [0.25, 0.3) is 0 Å². The quantitative estimate of drug-likeness (QED) is 0.746. The number of hydrogen-bond donors (Lipinski definition) is 2. The third-order valence-corrected chi connectivity index (χ3v) is 4.92. The summed E-state index contributed by atoms with van der Waals surface area (Å²) in [6.07, 6.45) is 5.49. The molecule has 2 heterocycles. The molecular formula is C21H28N4O.